The predicted octanol–water partition coefficient (Wildman–Crippen LogP) is -7.08. The van der Waals surface area contributed by atoms with E-state index in [0.717, 1.165) is 0 Å². The Bertz CT molecular complexity index is 4410. The van der Waals surface area contributed by atoms with Crippen molar-refractivity contribution in [2.24, 2.45) is 58.1 Å². The Morgan fingerprint density at radius 1 is 0.440 bits per heavy atom. The number of primary amides is 1. The highest BCUT2D eigenvalue weighted by atomic mass is 16.4. The molecule has 1 fully saturated rings. The number of aromatic amines is 2. The van der Waals surface area contributed by atoms with Crippen LogP contribution >= 0.6 is 0 Å². The van der Waals surface area contributed by atoms with Gasteiger partial charge in [0.25, 0.3) is 0 Å². The third-order valence-electron chi connectivity index (χ3n) is 21.6. The number of H-pyrrole nitrogens is 2. The van der Waals surface area contributed by atoms with Crippen LogP contribution in [0.2, 0.25) is 0 Å². The number of amides is 15. The van der Waals surface area contributed by atoms with Gasteiger partial charge in [-0.3, -0.25) is 92.9 Å². The van der Waals surface area contributed by atoms with Gasteiger partial charge in [-0.05, 0) is 126 Å². The van der Waals surface area contributed by atoms with Gasteiger partial charge in [-0.25, -0.2) is 14.8 Å². The summed E-state index contributed by atoms with van der Waals surface area (Å²) in [4.78, 5) is 254. The zero-order valence-corrected chi connectivity index (χ0v) is 76.9. The predicted molar refractivity (Wildman–Crippen MR) is 487 cm³/mol. The van der Waals surface area contributed by atoms with E-state index < -0.39 is 253 Å². The Labute approximate surface area is 775 Å². The molecule has 0 unspecified atom stereocenters. The summed E-state index contributed by atoms with van der Waals surface area (Å²) in [6, 6.07) is -14.2. The molecule has 36 N–H and O–H groups in total. The van der Waals surface area contributed by atoms with Crippen LogP contribution in [0.5, 0.6) is 0 Å². The second-order valence-electron chi connectivity index (χ2n) is 34.2. The van der Waals surface area contributed by atoms with Crippen molar-refractivity contribution in [2.45, 2.75) is 268 Å². The quantitative estimate of drug-likeness (QED) is 0.0142. The minimum atomic E-state index is -1.94. The number of likely N-dealkylation sites (tertiary alicyclic amines) is 1. The normalized spacial score (nSPS) is 15.5. The lowest BCUT2D eigenvalue weighted by molar-refractivity contribution is -0.143. The van der Waals surface area contributed by atoms with Crippen molar-refractivity contribution in [3.63, 3.8) is 0 Å². The summed E-state index contributed by atoms with van der Waals surface area (Å²) >= 11 is 0. The largest absolute Gasteiger partial charge is 0.481 e. The van der Waals surface area contributed by atoms with E-state index >= 15 is 19.2 Å². The zero-order valence-electron chi connectivity index (χ0n) is 76.9. The zero-order chi connectivity index (χ0) is 100. The molecule has 0 aliphatic carbocycles. The minimum absolute atomic E-state index is 0.0107. The molecular formula is C84H138N30O20. The molecule has 744 valence electrons. The number of aliphatic hydroxyl groups excluding tert-OH is 1. The van der Waals surface area contributed by atoms with Crippen molar-refractivity contribution in [1.82, 2.24) is 110 Å². The molecule has 50 nitrogen and oxygen atoms in total. The number of carbonyl (C=O) groups is 17. The molecule has 1 aromatic carbocycles. The van der Waals surface area contributed by atoms with Crippen LogP contribution in [-0.4, -0.2) is 289 Å². The van der Waals surface area contributed by atoms with Crippen LogP contribution in [-0.2, 0) is 101 Å². The molecule has 0 spiro atoms. The van der Waals surface area contributed by atoms with Gasteiger partial charge in [-0.2, -0.15) is 0 Å². The number of carboxylic acids is 2. The SMILES string of the molecule is CC(C)C[C@H](N)C(=O)N[C@H](C(=O)N[C@@H](CCCNC(=N)N)C(=O)N[C@@H](CCCNC(=N)N)C(=O)N[C@@H](Cc1ccccc1)C(=O)N[C@H](C(=O)N[C@@H](Cc1cnc[nH]1)C(=O)N[C@@H](CCCNC(=N)N)C(=O)N1CCC[C@H]1C(=O)N[C@@H](Cc1cnc[nH]1)C(=O)N[C@H](C(=O)N[C@@H](CCC(=O)O)C(=O)N[C@@H](CO)C(=O)N[C@@H](CCC(N)=O)C(=O)N[C@@H](CCCCN)C(=O)O)C(C)C)C(C)C)C(C)C. The molecule has 15 amide bonds. The Hall–Kier alpha value is -13.7. The topological polar surface area (TPSA) is 832 Å². The Morgan fingerprint density at radius 2 is 0.806 bits per heavy atom. The monoisotopic (exact) mass is 1890 g/mol. The van der Waals surface area contributed by atoms with E-state index in [4.69, 9.17) is 50.6 Å². The van der Waals surface area contributed by atoms with Crippen LogP contribution in [0.3, 0.4) is 0 Å². The first-order valence-corrected chi connectivity index (χ1v) is 44.6. The van der Waals surface area contributed by atoms with Crippen molar-refractivity contribution in [3.05, 3.63) is 72.3 Å². The average Bonchev–Trinajstić information content (AvgIpc) is 1.64. The highest BCUT2D eigenvalue weighted by Crippen LogP contribution is 2.22. The summed E-state index contributed by atoms with van der Waals surface area (Å²) in [6.07, 6.45) is 2.95. The van der Waals surface area contributed by atoms with Crippen LogP contribution in [0.1, 0.15) is 175 Å². The van der Waals surface area contributed by atoms with Crippen molar-refractivity contribution in [3.8, 4) is 0 Å². The van der Waals surface area contributed by atoms with Gasteiger partial charge in [0.2, 0.25) is 88.6 Å². The summed E-state index contributed by atoms with van der Waals surface area (Å²) in [5.74, 6) is -20.5. The van der Waals surface area contributed by atoms with Gasteiger partial charge in [-0.1, -0.05) is 85.7 Å². The summed E-state index contributed by atoms with van der Waals surface area (Å²) in [6.45, 7) is 12.3. The van der Waals surface area contributed by atoms with Crippen LogP contribution in [0.15, 0.2) is 55.4 Å². The summed E-state index contributed by atoms with van der Waals surface area (Å²) in [5, 5.41) is 94.6. The molecule has 1 aliphatic heterocycles. The first-order valence-electron chi connectivity index (χ1n) is 44.6. The lowest BCUT2D eigenvalue weighted by atomic mass is 9.99. The Balaban J connectivity index is 1.67. The second kappa shape index (κ2) is 58.3. The maximum absolute atomic E-state index is 15.3. The molecule has 50 heteroatoms. The van der Waals surface area contributed by atoms with Gasteiger partial charge < -0.3 is 150 Å². The molecule has 3 aromatic rings. The minimum Gasteiger partial charge on any atom is -0.481 e. The van der Waals surface area contributed by atoms with E-state index in [-0.39, 0.29) is 134 Å². The molecule has 1 saturated heterocycles. The van der Waals surface area contributed by atoms with Gasteiger partial charge in [0.05, 0.1) is 25.3 Å². The van der Waals surface area contributed by atoms with Crippen molar-refractivity contribution >= 4 is 118 Å². The fourth-order valence-corrected chi connectivity index (χ4v) is 14.3. The van der Waals surface area contributed by atoms with E-state index in [1.165, 1.54) is 43.8 Å². The standard InChI is InChI=1S/C84H138N30O20/c1-43(2)34-50(86)67(119)111-64(44(3)4)77(129)103-52(22-15-31-97-83(90)91)68(120)101-51(21-14-30-96-82(88)89)69(121)107-57(35-47-18-10-9-11-19-47)73(125)112-66(46(7)8)79(131)109-58(36-48-38-94-41-99-48)72(124)105-55(23-16-32-98-84(92)93)80(132)114-33-17-24-61(114)76(128)108-59(37-49-39-95-42-100-49)74(126)113-65(45(5)6)78(130)104-54(26-28-63(117)118)71(123)110-60(40-115)75(127)102-53(25-27-62(87)116)70(122)106-56(81(133)134)20-12-13-29-85/h9-11,18-19,38-39,41-46,50-61,64-66,115H,12-17,20-37,40,85-86H2,1-8H3,(H2,87,116)(H,94,99)(H,95,100)(H,101,120)(H,102,127)(H,103,129)(H,104,130)(H,105,124)(H,106,122)(H,107,121)(H,108,128)(H,109,131)(H,110,123)(H,111,119)(H,112,125)(H,113,126)(H,117,118)(H,133,134)(H4,88,89,96)(H4,90,91,97)(H4,92,93,98)/t50-,51-,52-,53-,54-,55-,56-,57-,58-,59-,60-,61-,64-,65-,66-/m0/s1. The summed E-state index contributed by atoms with van der Waals surface area (Å²) < 4.78 is 0. The van der Waals surface area contributed by atoms with Crippen molar-refractivity contribution < 1.29 is 96.8 Å². The van der Waals surface area contributed by atoms with Crippen molar-refractivity contribution in [2.75, 3.05) is 39.3 Å². The highest BCUT2D eigenvalue weighted by molar-refractivity contribution is 6.01. The van der Waals surface area contributed by atoms with E-state index in [1.54, 1.807) is 58.0 Å². The lowest BCUT2D eigenvalue weighted by Gasteiger charge is -2.31. The number of nitrogens with one attached hydrogen (secondary N) is 21. The van der Waals surface area contributed by atoms with Gasteiger partial charge >= 0.3 is 11.9 Å². The first kappa shape index (κ1) is 113. The van der Waals surface area contributed by atoms with Gasteiger partial charge in [0.1, 0.15) is 84.6 Å². The van der Waals surface area contributed by atoms with Gasteiger partial charge in [0, 0.05) is 82.1 Å². The van der Waals surface area contributed by atoms with E-state index in [2.05, 4.69) is 105 Å². The molecule has 0 bridgehead atoms. The van der Waals surface area contributed by atoms with E-state index in [0.29, 0.717) is 24.1 Å². The lowest BCUT2D eigenvalue weighted by Crippen LogP contribution is -2.62. The number of carboxylic acid groups (broad SMARTS) is 2. The molecule has 134 heavy (non-hydrogen) atoms. The van der Waals surface area contributed by atoms with Gasteiger partial charge in [-0.15, -0.1) is 0 Å². The number of hydrogen-bond acceptors (Lipinski definition) is 25. The van der Waals surface area contributed by atoms with E-state index in [1.807, 2.05) is 13.8 Å². The number of nitrogens with zero attached hydrogens (tertiary/aromatic N) is 3. The molecule has 0 radical (unpaired) electrons. The third kappa shape index (κ3) is 40.6. The number of rotatable bonds is 62. The number of nitrogens with two attached hydrogens (primary N) is 6. The number of guanidine groups is 3. The third-order valence-corrected chi connectivity index (χ3v) is 21.6. The number of benzene rings is 1. The number of imidazole rings is 2. The fraction of sp³-hybridized carbons (Fsp3) is 0.619. The maximum atomic E-state index is 15.3. The highest BCUT2D eigenvalue weighted by Gasteiger charge is 2.43. The summed E-state index contributed by atoms with van der Waals surface area (Å²) in [7, 11) is 0. The van der Waals surface area contributed by atoms with Crippen molar-refractivity contribution in [1.29, 1.82) is 16.2 Å². The number of unbranched alkanes of at least 4 members (excludes halogenated alkanes) is 1. The molecule has 4 rings (SSSR count). The second-order valence-corrected chi connectivity index (χ2v) is 34.2. The number of aliphatic carboxylic acids is 2. The Kier molecular flexibility index (Phi) is 49.0. The van der Waals surface area contributed by atoms with Crippen LogP contribution in [0.4, 0.5) is 0 Å². The van der Waals surface area contributed by atoms with Crippen LogP contribution in [0.25, 0.3) is 0 Å². The fourth-order valence-electron chi connectivity index (χ4n) is 14.3. The number of hydrogen-bond donors (Lipinski definition) is 30. The molecule has 3 heterocycles. The number of carbonyl (C=O) groups excluding carboxylic acids is 15. The van der Waals surface area contributed by atoms with E-state index in [9.17, 15) is 77.6 Å². The molecular weight excluding hydrogens is 1750 g/mol. The Morgan fingerprint density at radius 3 is 1.22 bits per heavy atom. The molecule has 2 aromatic heterocycles. The number of aromatic nitrogens is 4. The number of aliphatic hydroxyl groups is 1. The molecule has 15 atom stereocenters. The molecule has 1 aliphatic rings. The summed E-state index contributed by atoms with van der Waals surface area (Å²) in [5.41, 5.74) is 34.9. The smallest absolute Gasteiger partial charge is 0.326 e. The first-order chi connectivity index (χ1) is 63.3. The maximum Gasteiger partial charge on any atom is 0.326 e. The average molecular weight is 1890 g/mol. The van der Waals surface area contributed by atoms with Crippen LogP contribution < -0.4 is 119 Å². The van der Waals surface area contributed by atoms with Crippen LogP contribution in [0, 0.1) is 39.9 Å². The van der Waals surface area contributed by atoms with Gasteiger partial charge in [0.15, 0.2) is 17.9 Å². The molecule has 0 saturated carbocycles.